The molecule has 1 saturated heterocycles. The number of methoxy groups -OCH3 is 1. The first-order chi connectivity index (χ1) is 17.9. The van der Waals surface area contributed by atoms with Crippen LogP contribution >= 0.6 is 11.8 Å². The van der Waals surface area contributed by atoms with Crippen LogP contribution in [0.3, 0.4) is 0 Å². The molecule has 3 aromatic carbocycles. The van der Waals surface area contributed by atoms with Gasteiger partial charge in [-0.1, -0.05) is 36.4 Å². The fourth-order valence-electron chi connectivity index (χ4n) is 3.96. The summed E-state index contributed by atoms with van der Waals surface area (Å²) in [5, 5.41) is 12.6. The van der Waals surface area contributed by atoms with Gasteiger partial charge in [0.2, 0.25) is 0 Å². The standard InChI is InChI=1S/C27H20N2O7S/c1-34-24-15-18(29(32)33)9-11-21(24)23-12-10-19(36-23)16-25-26(30)28(27(31)37-25)13-14-35-22-8-4-6-17-5-2-3-7-20(17)22/h2-12,15-16H,13-14H2,1H3/b25-16-. The number of nitro benzene ring substituents is 1. The summed E-state index contributed by atoms with van der Waals surface area (Å²) in [7, 11) is 1.41. The van der Waals surface area contributed by atoms with Crippen LogP contribution in [-0.2, 0) is 4.79 Å². The quantitative estimate of drug-likeness (QED) is 0.156. The zero-order chi connectivity index (χ0) is 25.9. The Morgan fingerprint density at radius 2 is 1.84 bits per heavy atom. The Labute approximate surface area is 215 Å². The van der Waals surface area contributed by atoms with Crippen LogP contribution in [-0.4, -0.2) is 41.2 Å². The molecule has 0 saturated carbocycles. The highest BCUT2D eigenvalue weighted by atomic mass is 32.2. The number of thioether (sulfide) groups is 1. The maximum absolute atomic E-state index is 12.9. The Bertz CT molecular complexity index is 1550. The summed E-state index contributed by atoms with van der Waals surface area (Å²) in [6, 6.07) is 21.1. The second-order valence-corrected chi connectivity index (χ2v) is 9.00. The number of benzene rings is 3. The summed E-state index contributed by atoms with van der Waals surface area (Å²) in [4.78, 5) is 37.3. The van der Waals surface area contributed by atoms with Gasteiger partial charge in [-0.25, -0.2) is 0 Å². The van der Waals surface area contributed by atoms with Crippen molar-refractivity contribution in [1.29, 1.82) is 0 Å². The van der Waals surface area contributed by atoms with Crippen molar-refractivity contribution in [2.45, 2.75) is 0 Å². The average molecular weight is 517 g/mol. The van der Waals surface area contributed by atoms with Gasteiger partial charge in [0.25, 0.3) is 16.8 Å². The molecule has 9 nitrogen and oxygen atoms in total. The van der Waals surface area contributed by atoms with E-state index in [0.717, 1.165) is 27.4 Å². The van der Waals surface area contributed by atoms with Crippen LogP contribution in [0.25, 0.3) is 28.2 Å². The SMILES string of the molecule is COc1cc([N+](=O)[O-])ccc1-c1ccc(/C=C2\SC(=O)N(CCOc3cccc4ccccc34)C2=O)o1. The molecular weight excluding hydrogens is 496 g/mol. The van der Waals surface area contributed by atoms with Crippen molar-refractivity contribution in [2.24, 2.45) is 0 Å². The van der Waals surface area contributed by atoms with E-state index in [1.54, 1.807) is 12.1 Å². The highest BCUT2D eigenvalue weighted by Crippen LogP contribution is 2.36. The van der Waals surface area contributed by atoms with E-state index in [9.17, 15) is 19.7 Å². The number of ether oxygens (including phenoxy) is 2. The van der Waals surface area contributed by atoms with Crippen molar-refractivity contribution in [1.82, 2.24) is 4.90 Å². The van der Waals surface area contributed by atoms with Crippen molar-refractivity contribution in [3.63, 3.8) is 0 Å². The van der Waals surface area contributed by atoms with Crippen molar-refractivity contribution in [3.05, 3.63) is 93.6 Å². The Hall–Kier alpha value is -4.57. The molecule has 37 heavy (non-hydrogen) atoms. The zero-order valence-corrected chi connectivity index (χ0v) is 20.4. The van der Waals surface area contributed by atoms with Crippen LogP contribution in [0.1, 0.15) is 5.76 Å². The molecular formula is C27H20N2O7S. The fourth-order valence-corrected chi connectivity index (χ4v) is 4.81. The summed E-state index contributed by atoms with van der Waals surface area (Å²) in [6.07, 6.45) is 1.50. The van der Waals surface area contributed by atoms with Crippen LogP contribution < -0.4 is 9.47 Å². The first kappa shape index (κ1) is 24.1. The number of nitrogens with zero attached hydrogens (tertiary/aromatic N) is 2. The van der Waals surface area contributed by atoms with Crippen molar-refractivity contribution < 1.29 is 28.4 Å². The summed E-state index contributed by atoms with van der Waals surface area (Å²) in [5.41, 5.74) is 0.414. The molecule has 1 aromatic heterocycles. The first-order valence-electron chi connectivity index (χ1n) is 11.2. The average Bonchev–Trinajstić information content (AvgIpc) is 3.48. The third kappa shape index (κ3) is 4.91. The van der Waals surface area contributed by atoms with Crippen LogP contribution in [0.15, 0.2) is 82.1 Å². The van der Waals surface area contributed by atoms with Gasteiger partial charge >= 0.3 is 0 Å². The third-order valence-corrected chi connectivity index (χ3v) is 6.66. The molecule has 2 heterocycles. The van der Waals surface area contributed by atoms with Gasteiger partial charge in [0.05, 0.1) is 35.1 Å². The van der Waals surface area contributed by atoms with Crippen molar-refractivity contribution in [2.75, 3.05) is 20.3 Å². The maximum atomic E-state index is 12.9. The van der Waals surface area contributed by atoms with Gasteiger partial charge < -0.3 is 13.9 Å². The monoisotopic (exact) mass is 516 g/mol. The topological polar surface area (TPSA) is 112 Å². The second-order valence-electron chi connectivity index (χ2n) is 8.00. The molecule has 186 valence electrons. The molecule has 0 bridgehead atoms. The largest absolute Gasteiger partial charge is 0.496 e. The van der Waals surface area contributed by atoms with Gasteiger partial charge in [0.1, 0.15) is 29.6 Å². The molecule has 10 heteroatoms. The summed E-state index contributed by atoms with van der Waals surface area (Å²) < 4.78 is 17.0. The lowest BCUT2D eigenvalue weighted by Crippen LogP contribution is -2.32. The molecule has 1 aliphatic rings. The van der Waals surface area contributed by atoms with E-state index in [1.807, 2.05) is 42.5 Å². The number of hydrogen-bond acceptors (Lipinski definition) is 8. The van der Waals surface area contributed by atoms with Gasteiger partial charge in [-0.2, -0.15) is 0 Å². The van der Waals surface area contributed by atoms with Gasteiger partial charge in [-0.05, 0) is 41.4 Å². The number of amides is 2. The lowest BCUT2D eigenvalue weighted by Gasteiger charge is -2.14. The molecule has 2 amide bonds. The van der Waals surface area contributed by atoms with Crippen LogP contribution in [0.2, 0.25) is 0 Å². The van der Waals surface area contributed by atoms with Gasteiger partial charge in [-0.15, -0.1) is 0 Å². The maximum Gasteiger partial charge on any atom is 0.293 e. The van der Waals surface area contributed by atoms with E-state index in [2.05, 4.69) is 0 Å². The number of carbonyl (C=O) groups is 2. The Kier molecular flexibility index (Phi) is 6.65. The highest BCUT2D eigenvalue weighted by Gasteiger charge is 2.35. The summed E-state index contributed by atoms with van der Waals surface area (Å²) in [6.45, 7) is 0.263. The molecule has 0 aliphatic carbocycles. The molecule has 0 unspecified atom stereocenters. The van der Waals surface area contributed by atoms with E-state index >= 15 is 0 Å². The Morgan fingerprint density at radius 1 is 1.03 bits per heavy atom. The number of furan rings is 1. The molecule has 0 atom stereocenters. The third-order valence-electron chi connectivity index (χ3n) is 5.76. The first-order valence-corrected chi connectivity index (χ1v) is 12.0. The molecule has 0 radical (unpaired) electrons. The van der Waals surface area contributed by atoms with Gasteiger partial charge in [-0.3, -0.25) is 24.6 Å². The molecule has 1 aliphatic heterocycles. The van der Waals surface area contributed by atoms with E-state index in [0.29, 0.717) is 22.8 Å². The van der Waals surface area contributed by atoms with Crippen LogP contribution in [0.4, 0.5) is 10.5 Å². The van der Waals surface area contributed by atoms with Gasteiger partial charge in [0, 0.05) is 17.5 Å². The lowest BCUT2D eigenvalue weighted by atomic mass is 10.1. The summed E-state index contributed by atoms with van der Waals surface area (Å²) >= 11 is 0.827. The fraction of sp³-hybridized carbons (Fsp3) is 0.111. The minimum Gasteiger partial charge on any atom is -0.496 e. The number of non-ortho nitro benzene ring substituents is 1. The lowest BCUT2D eigenvalue weighted by molar-refractivity contribution is -0.384. The predicted molar refractivity (Wildman–Crippen MR) is 139 cm³/mol. The van der Waals surface area contributed by atoms with Crippen molar-refractivity contribution in [3.8, 4) is 22.8 Å². The minimum atomic E-state index is -0.511. The van der Waals surface area contributed by atoms with Crippen LogP contribution in [0, 0.1) is 10.1 Å². The van der Waals surface area contributed by atoms with E-state index in [-0.39, 0.29) is 34.7 Å². The normalized spacial score (nSPS) is 14.5. The van der Waals surface area contributed by atoms with E-state index in [1.165, 1.54) is 31.4 Å². The van der Waals surface area contributed by atoms with Crippen molar-refractivity contribution >= 4 is 45.4 Å². The number of rotatable bonds is 8. The minimum absolute atomic E-state index is 0.106. The van der Waals surface area contributed by atoms with E-state index in [4.69, 9.17) is 13.9 Å². The zero-order valence-electron chi connectivity index (χ0n) is 19.6. The molecule has 1 fully saturated rings. The highest BCUT2D eigenvalue weighted by molar-refractivity contribution is 8.18. The van der Waals surface area contributed by atoms with E-state index < -0.39 is 10.8 Å². The Balaban J connectivity index is 1.28. The number of carbonyl (C=O) groups excluding carboxylic acids is 2. The molecule has 0 N–H and O–H groups in total. The van der Waals surface area contributed by atoms with Gasteiger partial charge in [0.15, 0.2) is 0 Å². The molecule has 4 aromatic rings. The number of fused-ring (bicyclic) bond motifs is 1. The summed E-state index contributed by atoms with van der Waals surface area (Å²) in [5.74, 6) is 1.29. The Morgan fingerprint density at radius 3 is 2.65 bits per heavy atom. The number of nitro groups is 1. The van der Waals surface area contributed by atoms with Crippen LogP contribution in [0.5, 0.6) is 11.5 Å². The molecule has 0 spiro atoms. The smallest absolute Gasteiger partial charge is 0.293 e. The number of hydrogen-bond donors (Lipinski definition) is 0. The second kappa shape index (κ2) is 10.2. The molecule has 5 rings (SSSR count). The number of imide groups is 1. The predicted octanol–water partition coefficient (Wildman–Crippen LogP) is 6.13.